The number of aliphatic carboxylic acids is 1. The van der Waals surface area contributed by atoms with E-state index in [-0.39, 0.29) is 11.9 Å². The largest absolute Gasteiger partial charge is 0.496 e. The number of amides is 1. The molecular formula is C27H26F3N3O4. The van der Waals surface area contributed by atoms with Crippen molar-refractivity contribution in [1.82, 2.24) is 4.90 Å². The summed E-state index contributed by atoms with van der Waals surface area (Å²) in [6.07, 6.45) is -3.55. The van der Waals surface area contributed by atoms with E-state index in [1.165, 1.54) is 0 Å². The highest BCUT2D eigenvalue weighted by Crippen LogP contribution is 2.39. The number of hydrogen-bond donors (Lipinski definition) is 2. The first kappa shape index (κ1) is 27.3. The maximum Gasteiger partial charge on any atom is 0.490 e. The van der Waals surface area contributed by atoms with Crippen LogP contribution in [0.4, 0.5) is 13.2 Å². The number of carboxylic acids is 1. The quantitative estimate of drug-likeness (QED) is 0.489. The van der Waals surface area contributed by atoms with Gasteiger partial charge in [0.15, 0.2) is 11.5 Å². The highest BCUT2D eigenvalue weighted by Gasteiger charge is 2.50. The minimum absolute atomic E-state index is 0.113. The van der Waals surface area contributed by atoms with Crippen LogP contribution in [-0.4, -0.2) is 47.7 Å². The fourth-order valence-corrected chi connectivity index (χ4v) is 4.03. The van der Waals surface area contributed by atoms with Crippen LogP contribution in [0, 0.1) is 0 Å². The van der Waals surface area contributed by atoms with Crippen molar-refractivity contribution in [3.8, 4) is 5.75 Å². The molecule has 0 spiro atoms. The number of nitrogens with two attached hydrogens (primary N) is 1. The van der Waals surface area contributed by atoms with Gasteiger partial charge in [-0.2, -0.15) is 13.2 Å². The maximum atomic E-state index is 13.7. The van der Waals surface area contributed by atoms with E-state index in [2.05, 4.69) is 0 Å². The first-order chi connectivity index (χ1) is 17.6. The predicted molar refractivity (Wildman–Crippen MR) is 132 cm³/mol. The molecule has 0 fully saturated rings. The zero-order valence-corrected chi connectivity index (χ0v) is 20.0. The molecule has 37 heavy (non-hydrogen) atoms. The number of nitrogens with zero attached hydrogens (tertiary/aromatic N) is 2. The molecule has 0 saturated carbocycles. The van der Waals surface area contributed by atoms with Crippen LogP contribution in [-0.2, 0) is 21.5 Å². The molecule has 194 valence electrons. The molecule has 1 aliphatic heterocycles. The van der Waals surface area contributed by atoms with Crippen molar-refractivity contribution in [2.24, 2.45) is 10.7 Å². The molecule has 1 aliphatic rings. The van der Waals surface area contributed by atoms with Crippen molar-refractivity contribution in [3.63, 3.8) is 0 Å². The summed E-state index contributed by atoms with van der Waals surface area (Å²) >= 11 is 0. The molecule has 0 aromatic heterocycles. The first-order valence-electron chi connectivity index (χ1n) is 11.3. The van der Waals surface area contributed by atoms with E-state index < -0.39 is 17.7 Å². The van der Waals surface area contributed by atoms with E-state index in [0.29, 0.717) is 6.54 Å². The molecule has 3 N–H and O–H groups in total. The summed E-state index contributed by atoms with van der Waals surface area (Å²) in [5.74, 6) is -1.76. The number of benzene rings is 3. The molecule has 0 radical (unpaired) electrons. The number of aryl methyl sites for hydroxylation is 1. The first-order valence-corrected chi connectivity index (χ1v) is 11.3. The molecule has 0 aliphatic carbocycles. The molecule has 7 nitrogen and oxygen atoms in total. The number of guanidine groups is 1. The van der Waals surface area contributed by atoms with Gasteiger partial charge in [-0.05, 0) is 35.6 Å². The summed E-state index contributed by atoms with van der Waals surface area (Å²) < 4.78 is 37.2. The minimum Gasteiger partial charge on any atom is -0.496 e. The van der Waals surface area contributed by atoms with Crippen LogP contribution in [0.3, 0.4) is 0 Å². The third-order valence-electron chi connectivity index (χ3n) is 5.76. The van der Waals surface area contributed by atoms with Gasteiger partial charge in [-0.15, -0.1) is 0 Å². The molecule has 3 aromatic rings. The van der Waals surface area contributed by atoms with E-state index in [1.54, 1.807) is 12.0 Å². The van der Waals surface area contributed by atoms with E-state index in [9.17, 15) is 18.0 Å². The van der Waals surface area contributed by atoms with Crippen molar-refractivity contribution in [3.05, 3.63) is 102 Å². The summed E-state index contributed by atoms with van der Waals surface area (Å²) in [5, 5.41) is 7.12. The number of carboxylic acid groups (broad SMARTS) is 1. The van der Waals surface area contributed by atoms with Gasteiger partial charge in [0.25, 0.3) is 5.91 Å². The summed E-state index contributed by atoms with van der Waals surface area (Å²) in [5.41, 5.74) is 7.89. The molecule has 0 saturated heterocycles. The molecule has 4 rings (SSSR count). The fourth-order valence-electron chi connectivity index (χ4n) is 4.03. The van der Waals surface area contributed by atoms with Crippen LogP contribution in [0.5, 0.6) is 5.75 Å². The second-order valence-electron chi connectivity index (χ2n) is 8.09. The number of aliphatic imine (C=N–C) groups is 1. The van der Waals surface area contributed by atoms with Gasteiger partial charge in [0, 0.05) is 6.54 Å². The number of alkyl halides is 3. The molecule has 0 unspecified atom stereocenters. The Morgan fingerprint density at radius 1 is 0.973 bits per heavy atom. The van der Waals surface area contributed by atoms with Crippen molar-refractivity contribution in [1.29, 1.82) is 0 Å². The van der Waals surface area contributed by atoms with E-state index >= 15 is 0 Å². The van der Waals surface area contributed by atoms with Gasteiger partial charge in [0.2, 0.25) is 0 Å². The lowest BCUT2D eigenvalue weighted by atomic mass is 9.83. The van der Waals surface area contributed by atoms with Crippen LogP contribution >= 0.6 is 0 Å². The molecule has 0 bridgehead atoms. The second-order valence-corrected chi connectivity index (χ2v) is 8.09. The topological polar surface area (TPSA) is 105 Å². The van der Waals surface area contributed by atoms with Gasteiger partial charge in [-0.3, -0.25) is 9.69 Å². The summed E-state index contributed by atoms with van der Waals surface area (Å²) in [4.78, 5) is 28.9. The second kappa shape index (κ2) is 11.6. The van der Waals surface area contributed by atoms with Crippen molar-refractivity contribution < 1.29 is 32.6 Å². The van der Waals surface area contributed by atoms with Crippen LogP contribution in [0.2, 0.25) is 0 Å². The maximum absolute atomic E-state index is 13.7. The lowest BCUT2D eigenvalue weighted by Gasteiger charge is -2.27. The average Bonchev–Trinajstić information content (AvgIpc) is 3.15. The van der Waals surface area contributed by atoms with Gasteiger partial charge in [-0.25, -0.2) is 9.79 Å². The van der Waals surface area contributed by atoms with Gasteiger partial charge in [0.1, 0.15) is 5.75 Å². The highest BCUT2D eigenvalue weighted by molar-refractivity contribution is 6.09. The number of rotatable bonds is 7. The molecule has 3 aromatic carbocycles. The number of hydrogen-bond acceptors (Lipinski definition) is 5. The Morgan fingerprint density at radius 2 is 1.46 bits per heavy atom. The van der Waals surface area contributed by atoms with Crippen molar-refractivity contribution in [2.45, 2.75) is 24.6 Å². The SMILES string of the molecule is COc1ccccc1CCCN1C(=O)C(c2ccccc2)(c2ccccc2)N=C1N.O=C(O)C(F)(F)F. The fraction of sp³-hybridized carbons (Fsp3) is 0.222. The Bertz CT molecular complexity index is 1210. The smallest absolute Gasteiger partial charge is 0.490 e. The monoisotopic (exact) mass is 513 g/mol. The molecule has 1 amide bonds. The van der Waals surface area contributed by atoms with E-state index in [1.807, 2.05) is 84.9 Å². The average molecular weight is 514 g/mol. The number of carbonyl (C=O) groups excluding carboxylic acids is 1. The molecular weight excluding hydrogens is 487 g/mol. The van der Waals surface area contributed by atoms with Gasteiger partial charge in [-0.1, -0.05) is 78.9 Å². The Morgan fingerprint density at radius 3 is 1.95 bits per heavy atom. The standard InChI is InChI=1S/C25H25N3O2.C2HF3O2/c1-30-22-17-9-8-11-19(22)12-10-18-28-23(29)25(27-24(28)26,20-13-4-2-5-14-20)21-15-6-3-7-16-21;3-2(4,5)1(6)7/h2-9,11,13-17H,10,12,18H2,1H3,(H2,26,27);(H,6,7). The zero-order valence-electron chi connectivity index (χ0n) is 20.0. The Labute approximate surface area is 212 Å². The number of methoxy groups -OCH3 is 1. The minimum atomic E-state index is -5.08. The summed E-state index contributed by atoms with van der Waals surface area (Å²) in [6, 6.07) is 27.2. The van der Waals surface area contributed by atoms with Crippen molar-refractivity contribution in [2.75, 3.05) is 13.7 Å². The van der Waals surface area contributed by atoms with Crippen LogP contribution < -0.4 is 10.5 Å². The highest BCUT2D eigenvalue weighted by atomic mass is 19.4. The Hall–Kier alpha value is -4.34. The number of carbonyl (C=O) groups is 2. The third-order valence-corrected chi connectivity index (χ3v) is 5.76. The van der Waals surface area contributed by atoms with Gasteiger partial charge < -0.3 is 15.6 Å². The lowest BCUT2D eigenvalue weighted by Crippen LogP contribution is -2.44. The lowest BCUT2D eigenvalue weighted by molar-refractivity contribution is -0.192. The van der Waals surface area contributed by atoms with E-state index in [0.717, 1.165) is 35.3 Å². The number of para-hydroxylation sites is 1. The molecule has 0 atom stereocenters. The Kier molecular flexibility index (Phi) is 8.54. The van der Waals surface area contributed by atoms with Crippen molar-refractivity contribution >= 4 is 17.8 Å². The zero-order chi connectivity index (χ0) is 27.1. The van der Waals surface area contributed by atoms with Gasteiger partial charge >= 0.3 is 12.1 Å². The molecule has 10 heteroatoms. The van der Waals surface area contributed by atoms with Gasteiger partial charge in [0.05, 0.1) is 7.11 Å². The normalized spacial score (nSPS) is 14.4. The van der Waals surface area contributed by atoms with Crippen LogP contribution in [0.25, 0.3) is 0 Å². The predicted octanol–water partition coefficient (Wildman–Crippen LogP) is 4.36. The summed E-state index contributed by atoms with van der Waals surface area (Å²) in [7, 11) is 1.67. The molecule has 1 heterocycles. The Balaban J connectivity index is 0.000000479. The number of halogens is 3. The number of ether oxygens (including phenoxy) is 1. The third kappa shape index (κ3) is 6.08. The van der Waals surface area contributed by atoms with Crippen LogP contribution in [0.15, 0.2) is 89.9 Å². The summed E-state index contributed by atoms with van der Waals surface area (Å²) in [6.45, 7) is 0.494. The van der Waals surface area contributed by atoms with E-state index in [4.69, 9.17) is 25.4 Å². The van der Waals surface area contributed by atoms with Crippen LogP contribution in [0.1, 0.15) is 23.1 Å².